The van der Waals surface area contributed by atoms with Crippen molar-refractivity contribution in [3.05, 3.63) is 59.2 Å². The standard InChI is InChI=1S/C35H38Cl6O14/c1-16(2)32-12-20(43)17(3)23(32)24(54-30(48)52-15-35(39,40)41)26(45)31(5)22(53-29(47)51-14-34(36,37)38)11-21(44)33(49,13-50-18(4)42)25(31)27(32)55-28(46)19-9-7-6-8-10-19/h6-10,20-22,24-25,27,43-44,49H,1,11-15H2,2-5H3/t20-,21-,22-,24+,25-,27-,31+,32-,33-/m0/s1. The third-order valence-electron chi connectivity index (χ3n) is 10.3. The Kier molecular flexibility index (Phi) is 13.8. The number of halogens is 6. The van der Waals surface area contributed by atoms with Crippen molar-refractivity contribution in [3.63, 3.8) is 0 Å². The molecule has 0 spiro atoms. The van der Waals surface area contributed by atoms with Crippen molar-refractivity contribution in [1.82, 2.24) is 0 Å². The van der Waals surface area contributed by atoms with E-state index in [2.05, 4.69) is 6.58 Å². The number of hydrogen-bond acceptors (Lipinski definition) is 14. The minimum Gasteiger partial charge on any atom is -0.463 e. The Morgan fingerprint density at radius 1 is 0.891 bits per heavy atom. The van der Waals surface area contributed by atoms with Gasteiger partial charge in [0.05, 0.1) is 28.6 Å². The van der Waals surface area contributed by atoms with Gasteiger partial charge in [0.25, 0.3) is 0 Å². The van der Waals surface area contributed by atoms with Crippen molar-refractivity contribution < 1.29 is 67.7 Å². The summed E-state index contributed by atoms with van der Waals surface area (Å²) in [7, 11) is 0. The van der Waals surface area contributed by atoms with E-state index >= 15 is 4.79 Å². The number of carbonyl (C=O) groups excluding carboxylic acids is 5. The number of hydrogen-bond donors (Lipinski definition) is 3. The molecule has 0 radical (unpaired) electrons. The van der Waals surface area contributed by atoms with Crippen LogP contribution in [0.15, 0.2) is 53.6 Å². The topological polar surface area (TPSA) is 201 Å². The summed E-state index contributed by atoms with van der Waals surface area (Å²) in [6.45, 7) is 6.60. The smallest absolute Gasteiger partial charge is 0.463 e. The molecule has 0 bridgehead atoms. The first-order valence-corrected chi connectivity index (χ1v) is 18.8. The molecule has 0 amide bonds. The molecule has 1 aromatic carbocycles. The van der Waals surface area contributed by atoms with E-state index in [1.54, 1.807) is 18.2 Å². The Morgan fingerprint density at radius 3 is 1.95 bits per heavy atom. The van der Waals surface area contributed by atoms with Crippen molar-refractivity contribution in [2.45, 2.75) is 84.2 Å². The second kappa shape index (κ2) is 16.8. The predicted molar refractivity (Wildman–Crippen MR) is 198 cm³/mol. The normalized spacial score (nSPS) is 32.0. The van der Waals surface area contributed by atoms with E-state index in [-0.39, 0.29) is 28.7 Å². The number of aliphatic hydroxyl groups is 3. The van der Waals surface area contributed by atoms with Gasteiger partial charge in [0.15, 0.2) is 11.9 Å². The zero-order valence-electron chi connectivity index (χ0n) is 29.7. The van der Waals surface area contributed by atoms with Crippen molar-refractivity contribution in [3.8, 4) is 0 Å². The first-order valence-electron chi connectivity index (χ1n) is 16.5. The lowest BCUT2D eigenvalue weighted by Gasteiger charge is -2.57. The molecule has 0 saturated heterocycles. The molecule has 3 N–H and O–H groups in total. The molecule has 3 aliphatic rings. The van der Waals surface area contributed by atoms with Crippen LogP contribution < -0.4 is 0 Å². The first-order chi connectivity index (χ1) is 25.3. The van der Waals surface area contributed by atoms with Gasteiger partial charge in [0, 0.05) is 19.3 Å². The van der Waals surface area contributed by atoms with Gasteiger partial charge >= 0.3 is 24.2 Å². The van der Waals surface area contributed by atoms with E-state index in [4.69, 9.17) is 98.0 Å². The van der Waals surface area contributed by atoms with Crippen LogP contribution >= 0.6 is 69.6 Å². The Morgan fingerprint density at radius 2 is 1.44 bits per heavy atom. The minimum atomic E-state index is -2.71. The van der Waals surface area contributed by atoms with Gasteiger partial charge in [-0.25, -0.2) is 14.4 Å². The number of rotatable bonds is 9. The SMILES string of the molecule is C=C(C)[C@@]12C[C@H](O)C(C)=C1[C@@H](OC(=O)OCC(Cl)(Cl)Cl)C(=O)[C@]1(C)[C@@H](OC(=O)OCC(Cl)(Cl)Cl)C[C@H](O)[C@@](O)(COC(C)=O)[C@H]1[C@@H]2OC(=O)c1ccccc1. The Labute approximate surface area is 345 Å². The molecule has 55 heavy (non-hydrogen) atoms. The largest absolute Gasteiger partial charge is 0.509 e. The molecule has 0 heterocycles. The number of ether oxygens (including phenoxy) is 6. The van der Waals surface area contributed by atoms with Gasteiger partial charge in [0.1, 0.15) is 37.6 Å². The molecule has 0 aliphatic heterocycles. The maximum absolute atomic E-state index is 15.4. The highest BCUT2D eigenvalue weighted by Gasteiger charge is 2.75. The molecule has 2 fully saturated rings. The van der Waals surface area contributed by atoms with Gasteiger partial charge in [-0.3, -0.25) is 9.59 Å². The van der Waals surface area contributed by atoms with Gasteiger partial charge in [-0.05, 0) is 50.5 Å². The number of alkyl halides is 6. The van der Waals surface area contributed by atoms with Crippen molar-refractivity contribution in [2.75, 3.05) is 19.8 Å². The fourth-order valence-corrected chi connectivity index (χ4v) is 8.12. The summed E-state index contributed by atoms with van der Waals surface area (Å²) in [4.78, 5) is 68.3. The summed E-state index contributed by atoms with van der Waals surface area (Å²) in [6.07, 6.45) is -13.3. The zero-order valence-corrected chi connectivity index (χ0v) is 34.2. The van der Waals surface area contributed by atoms with Crippen LogP contribution in [0, 0.1) is 16.7 Å². The first kappa shape index (κ1) is 45.2. The second-order valence-electron chi connectivity index (χ2n) is 13.8. The van der Waals surface area contributed by atoms with Gasteiger partial charge in [-0.15, -0.1) is 0 Å². The molecule has 304 valence electrons. The van der Waals surface area contributed by atoms with Crippen LogP contribution in [-0.4, -0.2) is 109 Å². The molecule has 4 rings (SSSR count). The van der Waals surface area contributed by atoms with Crippen molar-refractivity contribution >= 4 is 99.6 Å². The summed E-state index contributed by atoms with van der Waals surface area (Å²) in [5.74, 6) is -4.97. The molecule has 14 nitrogen and oxygen atoms in total. The number of ketones is 1. The predicted octanol–water partition coefficient (Wildman–Crippen LogP) is 5.90. The van der Waals surface area contributed by atoms with E-state index in [1.165, 1.54) is 32.9 Å². The van der Waals surface area contributed by atoms with Gasteiger partial charge in [0.2, 0.25) is 7.59 Å². The van der Waals surface area contributed by atoms with Crippen LogP contribution in [-0.2, 0) is 38.0 Å². The summed E-state index contributed by atoms with van der Waals surface area (Å²) in [5, 5.41) is 36.0. The molecular weight excluding hydrogens is 857 g/mol. The van der Waals surface area contributed by atoms with Crippen LogP contribution in [0.3, 0.4) is 0 Å². The summed E-state index contributed by atoms with van der Waals surface area (Å²) < 4.78 is 28.6. The van der Waals surface area contributed by atoms with Gasteiger partial charge in [-0.2, -0.15) is 0 Å². The van der Waals surface area contributed by atoms with Crippen LogP contribution in [0.4, 0.5) is 9.59 Å². The third-order valence-corrected chi connectivity index (χ3v) is 10.9. The number of Topliss-reactive ketones (excluding diaryl/α,β-unsaturated/α-hetero) is 1. The van der Waals surface area contributed by atoms with E-state index in [0.717, 1.165) is 6.92 Å². The van der Waals surface area contributed by atoms with Crippen LogP contribution in [0.5, 0.6) is 0 Å². The summed E-state index contributed by atoms with van der Waals surface area (Å²) >= 11 is 34.6. The zero-order chi connectivity index (χ0) is 41.5. The van der Waals surface area contributed by atoms with E-state index in [0.29, 0.717) is 0 Å². The summed E-state index contributed by atoms with van der Waals surface area (Å²) in [5.41, 5.74) is -6.94. The number of esters is 2. The Balaban J connectivity index is 2.08. The highest BCUT2D eigenvalue weighted by Crippen LogP contribution is 2.64. The fraction of sp³-hybridized carbons (Fsp3) is 0.571. The highest BCUT2D eigenvalue weighted by atomic mass is 35.6. The number of benzene rings is 1. The average molecular weight is 895 g/mol. The lowest BCUT2D eigenvalue weighted by molar-refractivity contribution is -0.256. The molecular formula is C35H38Cl6O14. The minimum absolute atomic E-state index is 0.00323. The van der Waals surface area contributed by atoms with Gasteiger partial charge in [-0.1, -0.05) is 100.0 Å². The highest BCUT2D eigenvalue weighted by molar-refractivity contribution is 6.68. The maximum Gasteiger partial charge on any atom is 0.509 e. The number of fused-ring (bicyclic) bond motifs is 2. The average Bonchev–Trinajstić information content (AvgIpc) is 3.32. The fourth-order valence-electron chi connectivity index (χ4n) is 7.80. The number of aliphatic hydroxyl groups excluding tert-OH is 2. The molecule has 2 saturated carbocycles. The lowest BCUT2D eigenvalue weighted by atomic mass is 9.52. The molecule has 20 heteroatoms. The lowest BCUT2D eigenvalue weighted by Crippen LogP contribution is -2.72. The van der Waals surface area contributed by atoms with Crippen LogP contribution in [0.1, 0.15) is 50.9 Å². The summed E-state index contributed by atoms with van der Waals surface area (Å²) in [6, 6.07) is 7.56. The molecule has 3 aliphatic carbocycles. The van der Waals surface area contributed by atoms with Crippen LogP contribution in [0.2, 0.25) is 0 Å². The molecule has 0 aromatic heterocycles. The maximum atomic E-state index is 15.4. The third kappa shape index (κ3) is 9.29. The van der Waals surface area contributed by atoms with E-state index < -0.39 is 117 Å². The van der Waals surface area contributed by atoms with E-state index in [9.17, 15) is 34.5 Å². The molecule has 1 aromatic rings. The van der Waals surface area contributed by atoms with Crippen molar-refractivity contribution in [2.24, 2.45) is 16.7 Å². The Bertz CT molecular complexity index is 1730. The van der Waals surface area contributed by atoms with E-state index in [1.807, 2.05) is 0 Å². The van der Waals surface area contributed by atoms with Crippen LogP contribution in [0.25, 0.3) is 0 Å². The monoisotopic (exact) mass is 892 g/mol. The second-order valence-corrected chi connectivity index (χ2v) is 18.9. The quantitative estimate of drug-likeness (QED) is 0.114. The Hall–Kier alpha value is -2.53. The van der Waals surface area contributed by atoms with Crippen molar-refractivity contribution in [1.29, 1.82) is 0 Å². The molecule has 9 atom stereocenters. The molecule has 0 unspecified atom stereocenters. The number of carbonyl (C=O) groups is 5. The van der Waals surface area contributed by atoms with Gasteiger partial charge < -0.3 is 43.7 Å².